The first kappa shape index (κ1) is 13.7. The van der Waals surface area contributed by atoms with Gasteiger partial charge >= 0.3 is 0 Å². The van der Waals surface area contributed by atoms with Gasteiger partial charge in [0.25, 0.3) is 0 Å². The third-order valence-electron chi connectivity index (χ3n) is 2.57. The summed E-state index contributed by atoms with van der Waals surface area (Å²) in [5.74, 6) is 4.88. The monoisotopic (exact) mass is 325 g/mol. The molecule has 0 aliphatic carbocycles. The summed E-state index contributed by atoms with van der Waals surface area (Å²) in [6, 6.07) is 3.79. The van der Waals surface area contributed by atoms with Crippen molar-refractivity contribution in [3.63, 3.8) is 0 Å². The second-order valence-electron chi connectivity index (χ2n) is 4.08. The van der Waals surface area contributed by atoms with Gasteiger partial charge in [0, 0.05) is 10.2 Å². The van der Waals surface area contributed by atoms with Crippen LogP contribution in [0.5, 0.6) is 0 Å². The Morgan fingerprint density at radius 2 is 1.89 bits per heavy atom. The van der Waals surface area contributed by atoms with Gasteiger partial charge in [0.1, 0.15) is 0 Å². The number of nitrogens with one attached hydrogen (secondary N) is 2. The highest BCUT2D eigenvalue weighted by Gasteiger charge is 2.08. The van der Waals surface area contributed by atoms with Crippen molar-refractivity contribution >= 4 is 33.4 Å². The molecule has 0 unspecified atom stereocenters. The van der Waals surface area contributed by atoms with Crippen LogP contribution in [0.15, 0.2) is 22.8 Å². The molecule has 100 valence electrons. The lowest BCUT2D eigenvalue weighted by atomic mass is 10.1. The minimum Gasteiger partial charge on any atom is -0.338 e. The van der Waals surface area contributed by atoms with Crippen LogP contribution in [0.25, 0.3) is 0 Å². The number of hydrogen-bond acceptors (Lipinski definition) is 5. The molecule has 0 saturated heterocycles. The molecule has 0 amide bonds. The summed E-state index contributed by atoms with van der Waals surface area (Å²) in [7, 11) is 0. The van der Waals surface area contributed by atoms with E-state index in [1.54, 1.807) is 0 Å². The topological polar surface area (TPSA) is 75.9 Å². The van der Waals surface area contributed by atoms with Crippen LogP contribution in [0.3, 0.4) is 0 Å². The quantitative estimate of drug-likeness (QED) is 0.597. The average Bonchev–Trinajstić information content (AvgIpc) is 2.38. The number of hydrogen-bond donors (Lipinski definition) is 3. The molecule has 4 N–H and O–H groups in total. The van der Waals surface area contributed by atoms with Gasteiger partial charge in [-0.25, -0.2) is 15.2 Å². The Kier molecular flexibility index (Phi) is 3.96. The average molecular weight is 326 g/mol. The van der Waals surface area contributed by atoms with Gasteiger partial charge in [0.05, 0.1) is 6.20 Å². The van der Waals surface area contributed by atoms with Crippen molar-refractivity contribution in [2.75, 3.05) is 10.7 Å². The van der Waals surface area contributed by atoms with Crippen LogP contribution in [0.1, 0.15) is 11.1 Å². The van der Waals surface area contributed by atoms with E-state index in [1.807, 2.05) is 26.0 Å². The number of nitrogen functional groups attached to an aromatic ring is 1. The van der Waals surface area contributed by atoms with E-state index in [9.17, 15) is 4.39 Å². The smallest absolute Gasteiger partial charge is 0.239 e. The molecule has 2 rings (SSSR count). The third-order valence-corrected chi connectivity index (χ3v) is 3.82. The minimum absolute atomic E-state index is 0.0732. The molecular formula is C12H13BrFN5. The van der Waals surface area contributed by atoms with Crippen molar-refractivity contribution < 1.29 is 4.39 Å². The maximum absolute atomic E-state index is 13.6. The summed E-state index contributed by atoms with van der Waals surface area (Å²) in [5, 5.41) is 2.91. The van der Waals surface area contributed by atoms with E-state index in [2.05, 4.69) is 36.6 Å². The molecule has 0 fully saturated rings. The van der Waals surface area contributed by atoms with Crippen molar-refractivity contribution in [2.24, 2.45) is 5.84 Å². The number of halogens is 2. The number of benzene rings is 1. The van der Waals surface area contributed by atoms with E-state index in [0.29, 0.717) is 0 Å². The van der Waals surface area contributed by atoms with Gasteiger partial charge in [-0.2, -0.15) is 4.98 Å². The molecule has 19 heavy (non-hydrogen) atoms. The predicted molar refractivity (Wildman–Crippen MR) is 76.7 cm³/mol. The Labute approximate surface area is 118 Å². The summed E-state index contributed by atoms with van der Waals surface area (Å²) in [5.41, 5.74) is 5.12. The molecule has 1 heterocycles. The summed E-state index contributed by atoms with van der Waals surface area (Å²) >= 11 is 3.48. The van der Waals surface area contributed by atoms with Crippen LogP contribution in [0.2, 0.25) is 0 Å². The first-order valence-electron chi connectivity index (χ1n) is 5.54. The van der Waals surface area contributed by atoms with Gasteiger partial charge < -0.3 is 5.32 Å². The molecule has 0 atom stereocenters. The lowest BCUT2D eigenvalue weighted by Gasteiger charge is -2.11. The highest BCUT2D eigenvalue weighted by Crippen LogP contribution is 2.27. The van der Waals surface area contributed by atoms with E-state index in [4.69, 9.17) is 5.84 Å². The Bertz CT molecular complexity index is 594. The maximum Gasteiger partial charge on any atom is 0.239 e. The van der Waals surface area contributed by atoms with Crippen molar-refractivity contribution in [3.05, 3.63) is 39.7 Å². The van der Waals surface area contributed by atoms with Crippen LogP contribution in [-0.4, -0.2) is 9.97 Å². The zero-order valence-corrected chi connectivity index (χ0v) is 12.0. The lowest BCUT2D eigenvalue weighted by Crippen LogP contribution is -2.12. The first-order valence-corrected chi connectivity index (χ1v) is 6.33. The van der Waals surface area contributed by atoms with Crippen LogP contribution >= 0.6 is 15.9 Å². The summed E-state index contributed by atoms with van der Waals surface area (Å²) < 4.78 is 14.6. The molecule has 0 spiro atoms. The number of rotatable bonds is 3. The number of nitrogens with two attached hydrogens (primary N) is 1. The minimum atomic E-state index is -0.544. The van der Waals surface area contributed by atoms with Gasteiger partial charge in [-0.1, -0.05) is 15.9 Å². The molecule has 0 saturated carbocycles. The van der Waals surface area contributed by atoms with E-state index >= 15 is 0 Å². The largest absolute Gasteiger partial charge is 0.338 e. The van der Waals surface area contributed by atoms with Gasteiger partial charge in [0.2, 0.25) is 5.95 Å². The number of nitrogens with zero attached hydrogens (tertiary/aromatic N) is 2. The van der Waals surface area contributed by atoms with Crippen LogP contribution in [0.4, 0.5) is 21.8 Å². The fraction of sp³-hybridized carbons (Fsp3) is 0.167. The van der Waals surface area contributed by atoms with E-state index in [0.717, 1.165) is 27.5 Å². The van der Waals surface area contributed by atoms with Crippen LogP contribution in [-0.2, 0) is 0 Å². The number of hydrazine groups is 1. The summed E-state index contributed by atoms with van der Waals surface area (Å²) in [4.78, 5) is 7.60. The van der Waals surface area contributed by atoms with Crippen LogP contribution < -0.4 is 16.6 Å². The molecule has 0 bridgehead atoms. The molecule has 7 heteroatoms. The molecule has 2 aromatic rings. The molecule has 0 aliphatic heterocycles. The Hall–Kier alpha value is -1.73. The zero-order valence-electron chi connectivity index (χ0n) is 10.5. The molecule has 1 aromatic heterocycles. The predicted octanol–water partition coefficient (Wildman–Crippen LogP) is 3.02. The molecular weight excluding hydrogens is 313 g/mol. The SMILES string of the molecule is Cc1cc(Nc2nc(NN)ncc2F)cc(C)c1Br. The van der Waals surface area contributed by atoms with Crippen molar-refractivity contribution in [1.29, 1.82) is 0 Å². The van der Waals surface area contributed by atoms with Gasteiger partial charge in [-0.3, -0.25) is 5.43 Å². The third kappa shape index (κ3) is 2.99. The maximum atomic E-state index is 13.6. The highest BCUT2D eigenvalue weighted by molar-refractivity contribution is 9.10. The van der Waals surface area contributed by atoms with Crippen molar-refractivity contribution in [3.8, 4) is 0 Å². The fourth-order valence-corrected chi connectivity index (χ4v) is 1.91. The van der Waals surface area contributed by atoms with Crippen LogP contribution in [0, 0.1) is 19.7 Å². The molecule has 0 aliphatic rings. The first-order chi connectivity index (χ1) is 9.01. The molecule has 5 nitrogen and oxygen atoms in total. The van der Waals surface area contributed by atoms with E-state index in [-0.39, 0.29) is 11.8 Å². The Morgan fingerprint density at radius 3 is 2.47 bits per heavy atom. The zero-order chi connectivity index (χ0) is 14.0. The number of aromatic nitrogens is 2. The second-order valence-corrected chi connectivity index (χ2v) is 4.88. The van der Waals surface area contributed by atoms with Gasteiger partial charge in [-0.05, 0) is 37.1 Å². The van der Waals surface area contributed by atoms with E-state index < -0.39 is 5.82 Å². The fourth-order valence-electron chi connectivity index (χ4n) is 1.68. The summed E-state index contributed by atoms with van der Waals surface area (Å²) in [6.07, 6.45) is 1.06. The van der Waals surface area contributed by atoms with Gasteiger partial charge in [0.15, 0.2) is 11.6 Å². The Morgan fingerprint density at radius 1 is 1.26 bits per heavy atom. The van der Waals surface area contributed by atoms with E-state index in [1.165, 1.54) is 0 Å². The molecule has 1 aromatic carbocycles. The lowest BCUT2D eigenvalue weighted by molar-refractivity contribution is 0.619. The Balaban J connectivity index is 2.36. The van der Waals surface area contributed by atoms with Crippen molar-refractivity contribution in [2.45, 2.75) is 13.8 Å². The highest BCUT2D eigenvalue weighted by atomic mass is 79.9. The molecule has 0 radical (unpaired) electrons. The van der Waals surface area contributed by atoms with Gasteiger partial charge in [-0.15, -0.1) is 0 Å². The standard InChI is InChI=1S/C12H13BrFN5/c1-6-3-8(4-7(2)10(6)13)17-11-9(14)5-16-12(18-11)19-15/h3-5H,15H2,1-2H3,(H2,16,17,18,19). The van der Waals surface area contributed by atoms with Crippen molar-refractivity contribution in [1.82, 2.24) is 9.97 Å². The number of aryl methyl sites for hydroxylation is 2. The normalized spacial score (nSPS) is 10.4. The second kappa shape index (κ2) is 5.50. The summed E-state index contributed by atoms with van der Waals surface area (Å²) in [6.45, 7) is 3.93. The number of anilines is 3.